The summed E-state index contributed by atoms with van der Waals surface area (Å²) in [7, 11) is 0. The first kappa shape index (κ1) is 22.7. The van der Waals surface area contributed by atoms with Gasteiger partial charge in [0.2, 0.25) is 0 Å². The summed E-state index contributed by atoms with van der Waals surface area (Å²) in [4.78, 5) is 0. The first-order chi connectivity index (χ1) is 20.3. The Morgan fingerprint density at radius 2 is 1.22 bits per heavy atom. The highest BCUT2D eigenvalue weighted by molar-refractivity contribution is 7.26. The van der Waals surface area contributed by atoms with Crippen LogP contribution in [0.3, 0.4) is 0 Å². The molecule has 3 heteroatoms. The lowest BCUT2D eigenvalue weighted by molar-refractivity contribution is 0.673. The molecule has 0 saturated heterocycles. The quantitative estimate of drug-likeness (QED) is 0.217. The van der Waals surface area contributed by atoms with E-state index in [1.807, 2.05) is 11.3 Å². The maximum absolute atomic E-state index is 6.48. The molecule has 41 heavy (non-hydrogen) atoms. The molecule has 0 unspecified atom stereocenters. The molecule has 0 bridgehead atoms. The molecule has 3 aromatic heterocycles. The third-order valence-electron chi connectivity index (χ3n) is 8.22. The van der Waals surface area contributed by atoms with Crippen molar-refractivity contribution in [2.45, 2.75) is 0 Å². The van der Waals surface area contributed by atoms with Crippen LogP contribution in [-0.2, 0) is 0 Å². The van der Waals surface area contributed by atoms with E-state index in [-0.39, 0.29) is 0 Å². The van der Waals surface area contributed by atoms with Gasteiger partial charge in [0, 0.05) is 36.6 Å². The smallest absolute Gasteiger partial charge is 0.161 e. The van der Waals surface area contributed by atoms with Gasteiger partial charge in [-0.15, -0.1) is 11.3 Å². The van der Waals surface area contributed by atoms with E-state index in [0.717, 1.165) is 38.7 Å². The molecule has 0 N–H and O–H groups in total. The Labute approximate surface area is 240 Å². The third-order valence-corrected chi connectivity index (χ3v) is 9.44. The summed E-state index contributed by atoms with van der Waals surface area (Å²) in [6.07, 6.45) is 0. The van der Waals surface area contributed by atoms with Crippen LogP contribution in [0.25, 0.3) is 81.1 Å². The Morgan fingerprint density at radius 1 is 0.512 bits per heavy atom. The largest absolute Gasteiger partial charge is 0.454 e. The zero-order valence-corrected chi connectivity index (χ0v) is 22.9. The van der Waals surface area contributed by atoms with Gasteiger partial charge in [-0.25, -0.2) is 0 Å². The van der Waals surface area contributed by atoms with E-state index >= 15 is 0 Å². The predicted molar refractivity (Wildman–Crippen MR) is 174 cm³/mol. The van der Waals surface area contributed by atoms with Gasteiger partial charge in [-0.3, -0.25) is 0 Å². The highest BCUT2D eigenvalue weighted by atomic mass is 32.1. The number of fused-ring (bicyclic) bond motifs is 8. The highest BCUT2D eigenvalue weighted by Gasteiger charge is 2.19. The molecule has 0 radical (unpaired) electrons. The average Bonchev–Trinajstić information content (AvgIpc) is 3.70. The molecule has 192 valence electrons. The number of thiophene rings is 1. The minimum absolute atomic E-state index is 0.905. The van der Waals surface area contributed by atoms with Crippen molar-refractivity contribution in [2.75, 3.05) is 0 Å². The number of benzene rings is 6. The summed E-state index contributed by atoms with van der Waals surface area (Å²) >= 11 is 1.88. The van der Waals surface area contributed by atoms with Gasteiger partial charge in [0.25, 0.3) is 0 Å². The van der Waals surface area contributed by atoms with Crippen LogP contribution in [0.4, 0.5) is 0 Å². The Kier molecular flexibility index (Phi) is 4.80. The van der Waals surface area contributed by atoms with Crippen LogP contribution in [0, 0.1) is 0 Å². The Hall–Kier alpha value is -5.12. The van der Waals surface area contributed by atoms with Gasteiger partial charge in [-0.1, -0.05) is 97.1 Å². The van der Waals surface area contributed by atoms with Crippen LogP contribution in [-0.4, -0.2) is 4.57 Å². The van der Waals surface area contributed by atoms with Crippen molar-refractivity contribution in [3.63, 3.8) is 0 Å². The molecule has 9 aromatic rings. The number of para-hydroxylation sites is 2. The van der Waals surface area contributed by atoms with E-state index in [4.69, 9.17) is 4.42 Å². The fourth-order valence-corrected chi connectivity index (χ4v) is 7.55. The van der Waals surface area contributed by atoms with E-state index in [1.54, 1.807) is 0 Å². The van der Waals surface area contributed by atoms with Crippen molar-refractivity contribution >= 4 is 64.5 Å². The van der Waals surface area contributed by atoms with Gasteiger partial charge < -0.3 is 8.98 Å². The minimum Gasteiger partial charge on any atom is -0.454 e. The molecule has 0 amide bonds. The fraction of sp³-hybridized carbons (Fsp3) is 0. The van der Waals surface area contributed by atoms with Gasteiger partial charge in [0.1, 0.15) is 11.1 Å². The minimum atomic E-state index is 0.905. The van der Waals surface area contributed by atoms with E-state index in [2.05, 4.69) is 144 Å². The number of aromatic nitrogens is 1. The second-order valence-electron chi connectivity index (χ2n) is 10.5. The predicted octanol–water partition coefficient (Wildman–Crippen LogP) is 11.2. The molecule has 2 nitrogen and oxygen atoms in total. The zero-order valence-electron chi connectivity index (χ0n) is 22.0. The molecular formula is C38H23NOS. The first-order valence-corrected chi connectivity index (χ1v) is 14.7. The molecule has 0 aliphatic carbocycles. The van der Waals surface area contributed by atoms with Crippen LogP contribution in [0.2, 0.25) is 0 Å². The third kappa shape index (κ3) is 3.36. The average molecular weight is 542 g/mol. The standard InChI is InChI=1S/C38H23NOS/c1-2-9-27(10-3-1)39-33-15-6-4-12-31(33)37-36(39)32-23-26(21-22-34(32)40-37)24-17-19-25(20-18-24)28-13-8-14-30-29-11-5-7-16-35(29)41-38(28)30/h1-23H. The van der Waals surface area contributed by atoms with Gasteiger partial charge in [0.15, 0.2) is 5.58 Å². The molecule has 0 saturated carbocycles. The number of nitrogens with zero attached hydrogens (tertiary/aromatic N) is 1. The molecule has 6 aromatic carbocycles. The molecular weight excluding hydrogens is 518 g/mol. The van der Waals surface area contributed by atoms with E-state index in [1.165, 1.54) is 42.4 Å². The lowest BCUT2D eigenvalue weighted by atomic mass is 9.98. The van der Waals surface area contributed by atoms with Gasteiger partial charge in [0.05, 0.1) is 5.52 Å². The molecule has 0 atom stereocenters. The summed E-state index contributed by atoms with van der Waals surface area (Å²) in [6, 6.07) is 49.9. The van der Waals surface area contributed by atoms with Gasteiger partial charge >= 0.3 is 0 Å². The lowest BCUT2D eigenvalue weighted by Crippen LogP contribution is -1.92. The maximum Gasteiger partial charge on any atom is 0.161 e. The van der Waals surface area contributed by atoms with Crippen molar-refractivity contribution in [1.82, 2.24) is 4.57 Å². The van der Waals surface area contributed by atoms with Crippen LogP contribution >= 0.6 is 11.3 Å². The summed E-state index contributed by atoms with van der Waals surface area (Å²) in [6.45, 7) is 0. The van der Waals surface area contributed by atoms with Crippen LogP contribution in [0.5, 0.6) is 0 Å². The topological polar surface area (TPSA) is 18.1 Å². The van der Waals surface area contributed by atoms with Crippen molar-refractivity contribution < 1.29 is 4.42 Å². The van der Waals surface area contributed by atoms with E-state index in [9.17, 15) is 0 Å². The maximum atomic E-state index is 6.48. The number of hydrogen-bond acceptors (Lipinski definition) is 2. The molecule has 3 heterocycles. The summed E-state index contributed by atoms with van der Waals surface area (Å²) in [5.41, 5.74) is 10.1. The lowest BCUT2D eigenvalue weighted by Gasteiger charge is -2.08. The van der Waals surface area contributed by atoms with Gasteiger partial charge in [-0.05, 0) is 64.7 Å². The van der Waals surface area contributed by atoms with Crippen molar-refractivity contribution in [2.24, 2.45) is 0 Å². The summed E-state index contributed by atoms with van der Waals surface area (Å²) in [5.74, 6) is 0. The van der Waals surface area contributed by atoms with Crippen LogP contribution < -0.4 is 0 Å². The Balaban J connectivity index is 1.20. The molecule has 9 rings (SSSR count). The zero-order chi connectivity index (χ0) is 26.9. The monoisotopic (exact) mass is 541 g/mol. The number of hydrogen-bond donors (Lipinski definition) is 0. The molecule has 0 spiro atoms. The normalized spacial score (nSPS) is 11.9. The van der Waals surface area contributed by atoms with Crippen molar-refractivity contribution in [3.8, 4) is 27.9 Å². The van der Waals surface area contributed by atoms with Crippen molar-refractivity contribution in [1.29, 1.82) is 0 Å². The Bertz CT molecular complexity index is 2410. The van der Waals surface area contributed by atoms with Crippen LogP contribution in [0.1, 0.15) is 0 Å². The highest BCUT2D eigenvalue weighted by Crippen LogP contribution is 2.42. The van der Waals surface area contributed by atoms with Crippen molar-refractivity contribution in [3.05, 3.63) is 140 Å². The first-order valence-electron chi connectivity index (χ1n) is 13.9. The molecule has 0 aliphatic heterocycles. The summed E-state index contributed by atoms with van der Waals surface area (Å²) in [5, 5.41) is 4.91. The van der Waals surface area contributed by atoms with E-state index < -0.39 is 0 Å². The summed E-state index contributed by atoms with van der Waals surface area (Å²) < 4.78 is 11.5. The van der Waals surface area contributed by atoms with E-state index in [0.29, 0.717) is 0 Å². The van der Waals surface area contributed by atoms with Crippen LogP contribution in [0.15, 0.2) is 144 Å². The van der Waals surface area contributed by atoms with Gasteiger partial charge in [-0.2, -0.15) is 0 Å². The molecule has 0 aliphatic rings. The fourth-order valence-electron chi connectivity index (χ4n) is 6.31. The number of furan rings is 1. The Morgan fingerprint density at radius 3 is 2.10 bits per heavy atom. The number of rotatable bonds is 3. The second-order valence-corrected chi connectivity index (χ2v) is 11.6. The SMILES string of the molecule is c1ccc(-n2c3ccccc3c3oc4ccc(-c5ccc(-c6cccc7c6sc6ccccc67)cc5)cc4c32)cc1. The second kappa shape index (κ2) is 8.69. The molecule has 0 fully saturated rings.